The Balaban J connectivity index is 1.77. The molecular formula is C13H18N4S. The van der Waals surface area contributed by atoms with Crippen molar-refractivity contribution < 1.29 is 0 Å². The summed E-state index contributed by atoms with van der Waals surface area (Å²) in [6, 6.07) is 0.486. The monoisotopic (exact) mass is 262 g/mol. The molecule has 0 amide bonds. The van der Waals surface area contributed by atoms with E-state index in [1.165, 1.54) is 17.8 Å². The number of nitrogens with zero attached hydrogens (tertiary/aromatic N) is 4. The number of aromatic nitrogens is 3. The molecule has 1 unspecified atom stereocenters. The molecule has 3 heterocycles. The molecule has 4 nitrogen and oxygen atoms in total. The molecule has 0 aliphatic carbocycles. The van der Waals surface area contributed by atoms with Gasteiger partial charge in [-0.2, -0.15) is 0 Å². The van der Waals surface area contributed by atoms with Gasteiger partial charge in [-0.15, -0.1) is 11.3 Å². The van der Waals surface area contributed by atoms with Crippen molar-refractivity contribution in [3.63, 3.8) is 0 Å². The van der Waals surface area contributed by atoms with Gasteiger partial charge < -0.3 is 4.57 Å². The molecule has 3 rings (SSSR count). The predicted octanol–water partition coefficient (Wildman–Crippen LogP) is 2.52. The van der Waals surface area contributed by atoms with E-state index in [1.54, 1.807) is 11.3 Å². The molecule has 1 atom stereocenters. The summed E-state index contributed by atoms with van der Waals surface area (Å²) >= 11 is 1.79. The smallest absolute Gasteiger partial charge is 0.122 e. The van der Waals surface area contributed by atoms with E-state index >= 15 is 0 Å². The third kappa shape index (κ3) is 2.20. The zero-order valence-corrected chi connectivity index (χ0v) is 11.7. The first kappa shape index (κ1) is 11.9. The highest BCUT2D eigenvalue weighted by atomic mass is 32.1. The molecule has 1 aliphatic heterocycles. The molecule has 18 heavy (non-hydrogen) atoms. The lowest BCUT2D eigenvalue weighted by molar-refractivity contribution is 0.239. The molecule has 0 aromatic carbocycles. The first-order valence-corrected chi connectivity index (χ1v) is 7.24. The lowest BCUT2D eigenvalue weighted by Crippen LogP contribution is -2.24. The summed E-state index contributed by atoms with van der Waals surface area (Å²) in [4.78, 5) is 11.6. The van der Waals surface area contributed by atoms with Crippen LogP contribution in [0, 0.1) is 6.92 Å². The number of rotatable bonds is 3. The molecule has 0 radical (unpaired) electrons. The Morgan fingerprint density at radius 3 is 3.06 bits per heavy atom. The molecule has 5 heteroatoms. The predicted molar refractivity (Wildman–Crippen MR) is 72.4 cm³/mol. The van der Waals surface area contributed by atoms with Crippen LogP contribution < -0.4 is 0 Å². The minimum atomic E-state index is 0.486. The fourth-order valence-electron chi connectivity index (χ4n) is 2.55. The van der Waals surface area contributed by atoms with Crippen molar-refractivity contribution in [1.29, 1.82) is 0 Å². The van der Waals surface area contributed by atoms with Crippen molar-refractivity contribution in [3.8, 4) is 0 Å². The molecule has 0 N–H and O–H groups in total. The van der Waals surface area contributed by atoms with Gasteiger partial charge in [0, 0.05) is 30.5 Å². The van der Waals surface area contributed by atoms with E-state index in [2.05, 4.69) is 38.8 Å². The largest absolute Gasteiger partial charge is 0.337 e. The van der Waals surface area contributed by atoms with Gasteiger partial charge in [-0.25, -0.2) is 9.97 Å². The zero-order chi connectivity index (χ0) is 12.5. The van der Waals surface area contributed by atoms with Crippen molar-refractivity contribution in [2.75, 3.05) is 6.54 Å². The van der Waals surface area contributed by atoms with Crippen LogP contribution in [-0.2, 0) is 13.6 Å². The van der Waals surface area contributed by atoms with Crippen molar-refractivity contribution in [1.82, 2.24) is 19.4 Å². The van der Waals surface area contributed by atoms with Crippen LogP contribution in [0.1, 0.15) is 35.4 Å². The van der Waals surface area contributed by atoms with Gasteiger partial charge in [0.2, 0.25) is 0 Å². The first-order valence-electron chi connectivity index (χ1n) is 6.36. The van der Waals surface area contributed by atoms with E-state index in [-0.39, 0.29) is 0 Å². The van der Waals surface area contributed by atoms with Gasteiger partial charge in [0.1, 0.15) is 10.8 Å². The highest BCUT2D eigenvalue weighted by Crippen LogP contribution is 2.34. The molecule has 0 saturated carbocycles. The van der Waals surface area contributed by atoms with E-state index in [4.69, 9.17) is 0 Å². The maximum Gasteiger partial charge on any atom is 0.122 e. The van der Waals surface area contributed by atoms with Crippen molar-refractivity contribution in [2.45, 2.75) is 32.4 Å². The third-order valence-electron chi connectivity index (χ3n) is 3.55. The average Bonchev–Trinajstić information content (AvgIpc) is 3.03. The number of hydrogen-bond acceptors (Lipinski definition) is 4. The minimum Gasteiger partial charge on any atom is -0.337 e. The summed E-state index contributed by atoms with van der Waals surface area (Å²) in [5.41, 5.74) is 1.14. The van der Waals surface area contributed by atoms with Gasteiger partial charge in [0.05, 0.1) is 12.6 Å². The Labute approximate surface area is 111 Å². The summed E-state index contributed by atoms with van der Waals surface area (Å²) in [5.74, 6) is 1.13. The fraction of sp³-hybridized carbons (Fsp3) is 0.538. The second-order valence-electron chi connectivity index (χ2n) is 4.91. The van der Waals surface area contributed by atoms with Crippen LogP contribution >= 0.6 is 11.3 Å². The third-order valence-corrected chi connectivity index (χ3v) is 4.61. The van der Waals surface area contributed by atoms with E-state index in [0.29, 0.717) is 6.04 Å². The van der Waals surface area contributed by atoms with Crippen LogP contribution in [0.5, 0.6) is 0 Å². The lowest BCUT2D eigenvalue weighted by atomic mass is 10.2. The van der Waals surface area contributed by atoms with Gasteiger partial charge in [0.25, 0.3) is 0 Å². The lowest BCUT2D eigenvalue weighted by Gasteiger charge is -2.22. The van der Waals surface area contributed by atoms with Crippen LogP contribution in [0.3, 0.4) is 0 Å². The second-order valence-corrected chi connectivity index (χ2v) is 5.80. The molecule has 0 bridgehead atoms. The standard InChI is InChI=1S/C13H18N4S/c1-10-9-18-13(15-10)11-4-3-6-17(11)8-12-14-5-7-16(12)2/h5,7,9,11H,3-4,6,8H2,1-2H3. The Morgan fingerprint density at radius 2 is 2.39 bits per heavy atom. The van der Waals surface area contributed by atoms with Crippen LogP contribution in [0.2, 0.25) is 0 Å². The van der Waals surface area contributed by atoms with Crippen molar-refractivity contribution in [2.24, 2.45) is 7.05 Å². The average molecular weight is 262 g/mol. The number of imidazole rings is 1. The summed E-state index contributed by atoms with van der Waals surface area (Å²) in [7, 11) is 2.06. The Kier molecular flexibility index (Phi) is 3.18. The molecular weight excluding hydrogens is 244 g/mol. The molecule has 1 saturated heterocycles. The Morgan fingerprint density at radius 1 is 1.50 bits per heavy atom. The number of likely N-dealkylation sites (tertiary alicyclic amines) is 1. The first-order chi connectivity index (χ1) is 8.74. The maximum absolute atomic E-state index is 4.64. The second kappa shape index (κ2) is 4.82. The molecule has 0 spiro atoms. The summed E-state index contributed by atoms with van der Waals surface area (Å²) in [6.45, 7) is 4.14. The quantitative estimate of drug-likeness (QED) is 0.852. The molecule has 2 aromatic heterocycles. The van der Waals surface area contributed by atoms with Gasteiger partial charge >= 0.3 is 0 Å². The van der Waals surface area contributed by atoms with Crippen LogP contribution in [-0.4, -0.2) is 26.0 Å². The normalized spacial score (nSPS) is 20.7. The van der Waals surface area contributed by atoms with E-state index in [9.17, 15) is 0 Å². The van der Waals surface area contributed by atoms with E-state index in [0.717, 1.165) is 24.6 Å². The number of thiazole rings is 1. The summed E-state index contributed by atoms with van der Waals surface area (Å²) in [6.07, 6.45) is 6.35. The van der Waals surface area contributed by atoms with Gasteiger partial charge in [0.15, 0.2) is 0 Å². The highest BCUT2D eigenvalue weighted by Gasteiger charge is 2.28. The van der Waals surface area contributed by atoms with Gasteiger partial charge in [-0.05, 0) is 26.3 Å². The maximum atomic E-state index is 4.64. The number of aryl methyl sites for hydroxylation is 2. The summed E-state index contributed by atoms with van der Waals surface area (Å²) in [5, 5.41) is 3.41. The molecule has 2 aromatic rings. The Hall–Kier alpha value is -1.20. The van der Waals surface area contributed by atoms with Crippen LogP contribution in [0.15, 0.2) is 17.8 Å². The Bertz CT molecular complexity index is 531. The van der Waals surface area contributed by atoms with Crippen molar-refractivity contribution in [3.05, 3.63) is 34.3 Å². The van der Waals surface area contributed by atoms with Gasteiger partial charge in [-0.1, -0.05) is 0 Å². The van der Waals surface area contributed by atoms with Crippen LogP contribution in [0.25, 0.3) is 0 Å². The minimum absolute atomic E-state index is 0.486. The topological polar surface area (TPSA) is 34.0 Å². The molecule has 96 valence electrons. The van der Waals surface area contributed by atoms with E-state index in [1.807, 2.05) is 12.4 Å². The van der Waals surface area contributed by atoms with Gasteiger partial charge in [-0.3, -0.25) is 4.90 Å². The molecule has 1 fully saturated rings. The van der Waals surface area contributed by atoms with Crippen molar-refractivity contribution >= 4 is 11.3 Å². The van der Waals surface area contributed by atoms with Crippen LogP contribution in [0.4, 0.5) is 0 Å². The summed E-state index contributed by atoms with van der Waals surface area (Å²) < 4.78 is 2.10. The number of hydrogen-bond donors (Lipinski definition) is 0. The highest BCUT2D eigenvalue weighted by molar-refractivity contribution is 7.09. The van der Waals surface area contributed by atoms with E-state index < -0.39 is 0 Å². The molecule has 1 aliphatic rings. The fourth-order valence-corrected chi connectivity index (χ4v) is 3.52. The zero-order valence-electron chi connectivity index (χ0n) is 10.8. The SMILES string of the molecule is Cc1csc(C2CCCN2Cc2nccn2C)n1.